The van der Waals surface area contributed by atoms with Crippen molar-refractivity contribution in [2.24, 2.45) is 0 Å². The molecule has 2 nitrogen and oxygen atoms in total. The molecule has 0 spiro atoms. The van der Waals surface area contributed by atoms with Gasteiger partial charge in [0.2, 0.25) is 0 Å². The molecule has 0 bridgehead atoms. The molecule has 3 rings (SSSR count). The van der Waals surface area contributed by atoms with Crippen LogP contribution in [0.5, 0.6) is 0 Å². The number of halogens is 1. The minimum atomic E-state index is 0.0138. The molecule has 0 unspecified atom stereocenters. The number of nitrogens with zero attached hydrogens (tertiary/aromatic N) is 1. The van der Waals surface area contributed by atoms with Crippen molar-refractivity contribution >= 4 is 23.2 Å². The maximum absolute atomic E-state index is 12.6. The summed E-state index contributed by atoms with van der Waals surface area (Å²) < 4.78 is 0. The summed E-state index contributed by atoms with van der Waals surface area (Å²) in [6.07, 6.45) is 0.905. The molecule has 3 heteroatoms. The summed E-state index contributed by atoms with van der Waals surface area (Å²) >= 11 is 5.96. The zero-order valence-corrected chi connectivity index (χ0v) is 11.4. The van der Waals surface area contributed by atoms with Crippen LogP contribution in [0.4, 0.5) is 5.69 Å². The molecule has 1 aliphatic rings. The lowest BCUT2D eigenvalue weighted by molar-refractivity contribution is 0.0981. The first kappa shape index (κ1) is 12.2. The van der Waals surface area contributed by atoms with Gasteiger partial charge in [-0.05, 0) is 43.2 Å². The first-order chi connectivity index (χ1) is 9.16. The summed E-state index contributed by atoms with van der Waals surface area (Å²) in [5, 5.41) is 0.589. The predicted molar refractivity (Wildman–Crippen MR) is 77.9 cm³/mol. The molecule has 0 aromatic heterocycles. The number of carbonyl (C=O) groups excluding carboxylic acids is 1. The van der Waals surface area contributed by atoms with Gasteiger partial charge in [0.1, 0.15) is 0 Å². The van der Waals surface area contributed by atoms with Gasteiger partial charge in [-0.25, -0.2) is 0 Å². The lowest BCUT2D eigenvalue weighted by atomic mass is 10.1. The Morgan fingerprint density at radius 2 is 2.00 bits per heavy atom. The summed E-state index contributed by atoms with van der Waals surface area (Å²) in [5.41, 5.74) is 2.88. The minimum Gasteiger partial charge on any atom is -0.305 e. The fourth-order valence-corrected chi connectivity index (χ4v) is 2.83. The molecule has 0 aliphatic carbocycles. The van der Waals surface area contributed by atoms with Gasteiger partial charge in [0, 0.05) is 22.3 Å². The second-order valence-corrected chi connectivity index (χ2v) is 5.30. The molecule has 0 saturated heterocycles. The van der Waals surface area contributed by atoms with Gasteiger partial charge >= 0.3 is 0 Å². The van der Waals surface area contributed by atoms with E-state index in [-0.39, 0.29) is 11.9 Å². The van der Waals surface area contributed by atoms with Crippen LogP contribution in [0.2, 0.25) is 5.02 Å². The van der Waals surface area contributed by atoms with Gasteiger partial charge in [-0.15, -0.1) is 0 Å². The Hall–Kier alpha value is -1.80. The minimum absolute atomic E-state index is 0.0138. The van der Waals surface area contributed by atoms with Crippen molar-refractivity contribution in [1.29, 1.82) is 0 Å². The Morgan fingerprint density at radius 1 is 1.21 bits per heavy atom. The van der Waals surface area contributed by atoms with E-state index in [1.165, 1.54) is 5.56 Å². The van der Waals surface area contributed by atoms with Crippen molar-refractivity contribution in [3.05, 3.63) is 64.7 Å². The smallest absolute Gasteiger partial charge is 0.258 e. The van der Waals surface area contributed by atoms with E-state index >= 15 is 0 Å². The van der Waals surface area contributed by atoms with Crippen molar-refractivity contribution in [3.63, 3.8) is 0 Å². The van der Waals surface area contributed by atoms with Crippen molar-refractivity contribution in [2.75, 3.05) is 4.90 Å². The molecule has 0 fully saturated rings. The zero-order valence-electron chi connectivity index (χ0n) is 10.6. The average molecular weight is 272 g/mol. The molecule has 1 aliphatic heterocycles. The number of anilines is 1. The van der Waals surface area contributed by atoms with E-state index in [9.17, 15) is 4.79 Å². The Labute approximate surface area is 117 Å². The van der Waals surface area contributed by atoms with Gasteiger partial charge in [0.15, 0.2) is 0 Å². The highest BCUT2D eigenvalue weighted by molar-refractivity contribution is 6.31. The maximum Gasteiger partial charge on any atom is 0.258 e. The quantitative estimate of drug-likeness (QED) is 0.769. The van der Waals surface area contributed by atoms with Gasteiger partial charge in [0.05, 0.1) is 0 Å². The lowest BCUT2D eigenvalue weighted by Crippen LogP contribution is -2.35. The second kappa shape index (κ2) is 4.71. The number of fused-ring (bicyclic) bond motifs is 1. The van der Waals surface area contributed by atoms with E-state index in [0.717, 1.165) is 12.1 Å². The van der Waals surface area contributed by atoms with Crippen LogP contribution < -0.4 is 4.90 Å². The van der Waals surface area contributed by atoms with Gasteiger partial charge < -0.3 is 4.90 Å². The van der Waals surface area contributed by atoms with Crippen molar-refractivity contribution < 1.29 is 4.79 Å². The highest BCUT2D eigenvalue weighted by Gasteiger charge is 2.31. The highest BCUT2D eigenvalue weighted by Crippen LogP contribution is 2.33. The van der Waals surface area contributed by atoms with Gasteiger partial charge in [-0.3, -0.25) is 4.79 Å². The van der Waals surface area contributed by atoms with E-state index in [1.54, 1.807) is 12.1 Å². The average Bonchev–Trinajstić information content (AvgIpc) is 2.74. The van der Waals surface area contributed by atoms with Crippen LogP contribution >= 0.6 is 11.6 Å². The molecule has 19 heavy (non-hydrogen) atoms. The fraction of sp³-hybridized carbons (Fsp3) is 0.188. The van der Waals surface area contributed by atoms with Crippen LogP contribution in [-0.2, 0) is 6.42 Å². The molecule has 96 valence electrons. The van der Waals surface area contributed by atoms with Crippen molar-refractivity contribution in [2.45, 2.75) is 19.4 Å². The maximum atomic E-state index is 12.6. The van der Waals surface area contributed by atoms with Crippen LogP contribution in [0.15, 0.2) is 48.5 Å². The monoisotopic (exact) mass is 271 g/mol. The van der Waals surface area contributed by atoms with E-state index in [0.29, 0.717) is 10.6 Å². The van der Waals surface area contributed by atoms with E-state index in [2.05, 4.69) is 13.0 Å². The summed E-state index contributed by atoms with van der Waals surface area (Å²) in [6.45, 7) is 2.07. The summed E-state index contributed by atoms with van der Waals surface area (Å²) in [6, 6.07) is 15.4. The SMILES string of the molecule is C[C@@H]1Cc2ccccc2N1C(=O)c1cccc(Cl)c1. The summed E-state index contributed by atoms with van der Waals surface area (Å²) in [7, 11) is 0. The van der Waals surface area contributed by atoms with Gasteiger partial charge in [0.25, 0.3) is 5.91 Å². The van der Waals surface area contributed by atoms with Crippen LogP contribution in [0, 0.1) is 0 Å². The Kier molecular flexibility index (Phi) is 3.03. The number of hydrogen-bond acceptors (Lipinski definition) is 1. The number of carbonyl (C=O) groups is 1. The van der Waals surface area contributed by atoms with E-state index in [4.69, 9.17) is 11.6 Å². The number of hydrogen-bond donors (Lipinski definition) is 0. The van der Waals surface area contributed by atoms with Gasteiger partial charge in [-0.1, -0.05) is 35.9 Å². The lowest BCUT2D eigenvalue weighted by Gasteiger charge is -2.22. The van der Waals surface area contributed by atoms with Crippen LogP contribution in [0.3, 0.4) is 0 Å². The first-order valence-corrected chi connectivity index (χ1v) is 6.71. The Morgan fingerprint density at radius 3 is 2.79 bits per heavy atom. The van der Waals surface area contributed by atoms with Crippen LogP contribution in [0.1, 0.15) is 22.8 Å². The third kappa shape index (κ3) is 2.13. The third-order valence-electron chi connectivity index (χ3n) is 3.50. The first-order valence-electron chi connectivity index (χ1n) is 6.34. The van der Waals surface area contributed by atoms with Crippen LogP contribution in [-0.4, -0.2) is 11.9 Å². The Balaban J connectivity index is 2.01. The van der Waals surface area contributed by atoms with Crippen LogP contribution in [0.25, 0.3) is 0 Å². The standard InChI is InChI=1S/C16H14ClNO/c1-11-9-12-5-2-3-8-15(12)18(11)16(19)13-6-4-7-14(17)10-13/h2-8,10-11H,9H2,1H3/t11-/m1/s1. The topological polar surface area (TPSA) is 20.3 Å². The number of amides is 1. The predicted octanol–water partition coefficient (Wildman–Crippen LogP) is 3.93. The summed E-state index contributed by atoms with van der Waals surface area (Å²) in [4.78, 5) is 14.5. The largest absolute Gasteiger partial charge is 0.305 e. The number of benzene rings is 2. The molecular weight excluding hydrogens is 258 g/mol. The number of rotatable bonds is 1. The zero-order chi connectivity index (χ0) is 13.4. The van der Waals surface area contributed by atoms with E-state index < -0.39 is 0 Å². The molecular formula is C16H14ClNO. The van der Waals surface area contributed by atoms with Gasteiger partial charge in [-0.2, -0.15) is 0 Å². The van der Waals surface area contributed by atoms with E-state index in [1.807, 2.05) is 35.2 Å². The normalized spacial score (nSPS) is 17.4. The molecule has 0 saturated carbocycles. The fourth-order valence-electron chi connectivity index (χ4n) is 2.64. The summed E-state index contributed by atoms with van der Waals surface area (Å²) in [5.74, 6) is 0.0138. The molecule has 1 amide bonds. The molecule has 1 heterocycles. The highest BCUT2D eigenvalue weighted by atomic mass is 35.5. The second-order valence-electron chi connectivity index (χ2n) is 4.87. The molecule has 1 atom stereocenters. The Bertz CT molecular complexity index is 638. The number of para-hydroxylation sites is 1. The third-order valence-corrected chi connectivity index (χ3v) is 3.73. The molecule has 2 aromatic rings. The van der Waals surface area contributed by atoms with Crippen molar-refractivity contribution in [3.8, 4) is 0 Å². The van der Waals surface area contributed by atoms with Crippen molar-refractivity contribution in [1.82, 2.24) is 0 Å². The molecule has 0 radical (unpaired) electrons. The molecule has 2 aromatic carbocycles. The molecule has 0 N–H and O–H groups in total.